The Balaban J connectivity index is 2.10. The highest BCUT2D eigenvalue weighted by molar-refractivity contribution is 6.30. The van der Waals surface area contributed by atoms with Crippen LogP contribution in [0.15, 0.2) is 48.5 Å². The molecule has 2 atom stereocenters. The maximum atomic E-state index is 6.07. The van der Waals surface area contributed by atoms with Gasteiger partial charge in [-0.05, 0) is 48.7 Å². The van der Waals surface area contributed by atoms with Gasteiger partial charge in [-0.15, -0.1) is 0 Å². The van der Waals surface area contributed by atoms with Crippen LogP contribution in [0, 0.1) is 0 Å². The highest BCUT2D eigenvalue weighted by Crippen LogP contribution is 2.25. The number of benzene rings is 2. The number of halogens is 1. The van der Waals surface area contributed by atoms with Crippen LogP contribution in [0.5, 0.6) is 5.75 Å². The fraction of sp³-hybridized carbons (Fsp3) is 0.333. The van der Waals surface area contributed by atoms with E-state index in [1.807, 2.05) is 30.3 Å². The molecule has 2 nitrogen and oxygen atoms in total. The van der Waals surface area contributed by atoms with Gasteiger partial charge < -0.3 is 10.1 Å². The van der Waals surface area contributed by atoms with E-state index in [2.05, 4.69) is 37.4 Å². The summed E-state index contributed by atoms with van der Waals surface area (Å²) in [6.07, 6.45) is 1.03. The van der Waals surface area contributed by atoms with Crippen LogP contribution in [-0.2, 0) is 0 Å². The predicted octanol–water partition coefficient (Wildman–Crippen LogP) is 5.15. The van der Waals surface area contributed by atoms with Crippen molar-refractivity contribution in [1.29, 1.82) is 0 Å². The molecule has 112 valence electrons. The molecule has 1 N–H and O–H groups in total. The molecule has 1 unspecified atom stereocenters. The normalized spacial score (nSPS) is 13.7. The van der Waals surface area contributed by atoms with Crippen molar-refractivity contribution in [3.8, 4) is 5.75 Å². The Kier molecular flexibility index (Phi) is 5.66. The Morgan fingerprint density at radius 1 is 1.10 bits per heavy atom. The largest absolute Gasteiger partial charge is 0.497 e. The monoisotopic (exact) mass is 303 g/mol. The molecular weight excluding hydrogens is 282 g/mol. The quantitative estimate of drug-likeness (QED) is 0.796. The topological polar surface area (TPSA) is 21.3 Å². The van der Waals surface area contributed by atoms with Gasteiger partial charge in [0.1, 0.15) is 5.75 Å². The van der Waals surface area contributed by atoms with Crippen LogP contribution in [0.3, 0.4) is 0 Å². The molecule has 0 spiro atoms. The van der Waals surface area contributed by atoms with Gasteiger partial charge in [0.25, 0.3) is 0 Å². The average Bonchev–Trinajstić information content (AvgIpc) is 2.52. The van der Waals surface area contributed by atoms with Crippen LogP contribution < -0.4 is 10.1 Å². The van der Waals surface area contributed by atoms with Gasteiger partial charge in [0, 0.05) is 17.1 Å². The summed E-state index contributed by atoms with van der Waals surface area (Å²) in [5.41, 5.74) is 2.47. The predicted molar refractivity (Wildman–Crippen MR) is 89.0 cm³/mol. The van der Waals surface area contributed by atoms with Crippen LogP contribution in [0.4, 0.5) is 0 Å². The number of nitrogens with one attached hydrogen (secondary N) is 1. The van der Waals surface area contributed by atoms with E-state index < -0.39 is 0 Å². The molecule has 0 fully saturated rings. The van der Waals surface area contributed by atoms with Crippen LogP contribution in [-0.4, -0.2) is 7.11 Å². The maximum absolute atomic E-state index is 6.07. The van der Waals surface area contributed by atoms with Crippen LogP contribution >= 0.6 is 11.6 Å². The van der Waals surface area contributed by atoms with Gasteiger partial charge in [-0.25, -0.2) is 0 Å². The third-order valence-electron chi connectivity index (χ3n) is 3.73. The highest BCUT2D eigenvalue weighted by atomic mass is 35.5. The summed E-state index contributed by atoms with van der Waals surface area (Å²) in [6, 6.07) is 16.8. The minimum Gasteiger partial charge on any atom is -0.497 e. The molecule has 0 amide bonds. The Morgan fingerprint density at radius 3 is 2.38 bits per heavy atom. The molecule has 21 heavy (non-hydrogen) atoms. The van der Waals surface area contributed by atoms with Crippen molar-refractivity contribution in [2.75, 3.05) is 7.11 Å². The molecule has 2 aromatic carbocycles. The Bertz CT molecular complexity index is 568. The zero-order valence-corrected chi connectivity index (χ0v) is 13.5. The zero-order chi connectivity index (χ0) is 15.2. The highest BCUT2D eigenvalue weighted by Gasteiger charge is 2.14. The van der Waals surface area contributed by atoms with E-state index in [0.717, 1.165) is 17.2 Å². The molecule has 2 rings (SSSR count). The second-order valence-electron chi connectivity index (χ2n) is 5.18. The third-order valence-corrected chi connectivity index (χ3v) is 3.96. The SMILES string of the molecule is CCC(N[C@H](C)c1cccc(Cl)c1)c1ccc(OC)cc1. The molecule has 0 aliphatic heterocycles. The van der Waals surface area contributed by atoms with Gasteiger partial charge >= 0.3 is 0 Å². The number of ether oxygens (including phenoxy) is 1. The van der Waals surface area contributed by atoms with Crippen LogP contribution in [0.2, 0.25) is 5.02 Å². The van der Waals surface area contributed by atoms with Gasteiger partial charge in [0.15, 0.2) is 0 Å². The summed E-state index contributed by atoms with van der Waals surface area (Å²) < 4.78 is 5.21. The molecule has 0 aromatic heterocycles. The minimum absolute atomic E-state index is 0.246. The Morgan fingerprint density at radius 2 is 1.81 bits per heavy atom. The van der Waals surface area contributed by atoms with E-state index in [0.29, 0.717) is 6.04 Å². The average molecular weight is 304 g/mol. The van der Waals surface area contributed by atoms with Crippen LogP contribution in [0.1, 0.15) is 43.5 Å². The van der Waals surface area contributed by atoms with Crippen molar-refractivity contribution in [3.63, 3.8) is 0 Å². The summed E-state index contributed by atoms with van der Waals surface area (Å²) in [5.74, 6) is 0.886. The van der Waals surface area contributed by atoms with E-state index in [1.165, 1.54) is 11.1 Å². The summed E-state index contributed by atoms with van der Waals surface area (Å²) in [6.45, 7) is 4.35. The van der Waals surface area contributed by atoms with Gasteiger partial charge in [-0.2, -0.15) is 0 Å². The fourth-order valence-electron chi connectivity index (χ4n) is 2.46. The molecule has 0 bridgehead atoms. The van der Waals surface area contributed by atoms with Crippen molar-refractivity contribution in [2.45, 2.75) is 32.4 Å². The molecule has 0 saturated carbocycles. The van der Waals surface area contributed by atoms with Gasteiger partial charge in [0.05, 0.1) is 7.11 Å². The molecule has 0 aliphatic rings. The molecule has 3 heteroatoms. The first-order valence-electron chi connectivity index (χ1n) is 7.29. The molecule has 0 heterocycles. The second kappa shape index (κ2) is 7.48. The number of hydrogen-bond acceptors (Lipinski definition) is 2. The fourth-order valence-corrected chi connectivity index (χ4v) is 2.66. The van der Waals surface area contributed by atoms with Gasteiger partial charge in [-0.1, -0.05) is 42.8 Å². The van der Waals surface area contributed by atoms with E-state index in [9.17, 15) is 0 Å². The molecule has 0 aliphatic carbocycles. The van der Waals surface area contributed by atoms with Crippen molar-refractivity contribution in [2.24, 2.45) is 0 Å². The van der Waals surface area contributed by atoms with Gasteiger partial charge in [-0.3, -0.25) is 0 Å². The first-order valence-corrected chi connectivity index (χ1v) is 7.67. The molecule has 0 saturated heterocycles. The van der Waals surface area contributed by atoms with Crippen molar-refractivity contribution in [3.05, 3.63) is 64.7 Å². The molecular formula is C18H22ClNO. The summed E-state index contributed by atoms with van der Waals surface area (Å²) in [5, 5.41) is 4.44. The lowest BCUT2D eigenvalue weighted by Crippen LogP contribution is -2.24. The summed E-state index contributed by atoms with van der Waals surface area (Å²) in [7, 11) is 1.69. The van der Waals surface area contributed by atoms with E-state index in [4.69, 9.17) is 16.3 Å². The Hall–Kier alpha value is -1.51. The standard InChI is InChI=1S/C18H22ClNO/c1-4-18(14-8-10-17(21-3)11-9-14)20-13(2)15-6-5-7-16(19)12-15/h5-13,18,20H,4H2,1-3H3/t13-,18?/m1/s1. The lowest BCUT2D eigenvalue weighted by Gasteiger charge is -2.23. The lowest BCUT2D eigenvalue weighted by atomic mass is 10.0. The van der Waals surface area contributed by atoms with E-state index >= 15 is 0 Å². The molecule has 0 radical (unpaired) electrons. The Labute approximate surface area is 132 Å². The second-order valence-corrected chi connectivity index (χ2v) is 5.61. The maximum Gasteiger partial charge on any atom is 0.118 e. The minimum atomic E-state index is 0.246. The number of rotatable bonds is 6. The third kappa shape index (κ3) is 4.23. The van der Waals surface area contributed by atoms with E-state index in [-0.39, 0.29) is 6.04 Å². The first kappa shape index (κ1) is 15.9. The van der Waals surface area contributed by atoms with Crippen molar-refractivity contribution < 1.29 is 4.74 Å². The zero-order valence-electron chi connectivity index (χ0n) is 12.8. The van der Waals surface area contributed by atoms with Crippen molar-refractivity contribution >= 4 is 11.6 Å². The van der Waals surface area contributed by atoms with Crippen molar-refractivity contribution in [1.82, 2.24) is 5.32 Å². The number of methoxy groups -OCH3 is 1. The molecule has 2 aromatic rings. The lowest BCUT2D eigenvalue weighted by molar-refractivity contribution is 0.413. The van der Waals surface area contributed by atoms with Gasteiger partial charge in [0.2, 0.25) is 0 Å². The first-order chi connectivity index (χ1) is 10.1. The smallest absolute Gasteiger partial charge is 0.118 e. The van der Waals surface area contributed by atoms with E-state index in [1.54, 1.807) is 7.11 Å². The summed E-state index contributed by atoms with van der Waals surface area (Å²) >= 11 is 6.07. The van der Waals surface area contributed by atoms with Crippen LogP contribution in [0.25, 0.3) is 0 Å². The summed E-state index contributed by atoms with van der Waals surface area (Å²) in [4.78, 5) is 0. The number of hydrogen-bond donors (Lipinski definition) is 1.